The number of aromatic carboxylic acids is 1. The van der Waals surface area contributed by atoms with Gasteiger partial charge >= 0.3 is 5.97 Å². The zero-order chi connectivity index (χ0) is 12.1. The van der Waals surface area contributed by atoms with Crippen molar-refractivity contribution in [1.82, 2.24) is 0 Å². The summed E-state index contributed by atoms with van der Waals surface area (Å²) in [6.45, 7) is -0.443. The van der Waals surface area contributed by atoms with Crippen LogP contribution < -0.4 is 5.32 Å². The van der Waals surface area contributed by atoms with E-state index in [1.54, 1.807) is 0 Å². The van der Waals surface area contributed by atoms with Crippen molar-refractivity contribution in [1.29, 1.82) is 0 Å². The second-order valence-electron chi connectivity index (χ2n) is 3.22. The number of benzene rings is 1. The molecule has 0 aromatic heterocycles. The number of carbonyl (C=O) groups is 1. The summed E-state index contributed by atoms with van der Waals surface area (Å²) >= 11 is 0. The lowest BCUT2D eigenvalue weighted by atomic mass is 10.2. The fourth-order valence-electron chi connectivity index (χ4n) is 1.08. The quantitative estimate of drug-likeness (QED) is 0.582. The summed E-state index contributed by atoms with van der Waals surface area (Å²) in [5.74, 6) is -1.93. The van der Waals surface area contributed by atoms with Crippen LogP contribution in [0.1, 0.15) is 10.4 Å². The first-order valence-electron chi connectivity index (χ1n) is 4.60. The SMILES string of the molecule is O=C(O)c1ccc(NCC(O)CO)c(F)c1. The van der Waals surface area contributed by atoms with Crippen LogP contribution >= 0.6 is 0 Å². The molecule has 0 saturated carbocycles. The predicted molar refractivity (Wildman–Crippen MR) is 54.9 cm³/mol. The first-order chi connectivity index (χ1) is 7.54. The summed E-state index contributed by atoms with van der Waals surface area (Å²) in [5, 5.41) is 28.7. The second-order valence-corrected chi connectivity index (χ2v) is 3.22. The topological polar surface area (TPSA) is 89.8 Å². The van der Waals surface area contributed by atoms with E-state index in [0.29, 0.717) is 0 Å². The van der Waals surface area contributed by atoms with Crippen molar-refractivity contribution in [2.75, 3.05) is 18.5 Å². The Morgan fingerprint density at radius 2 is 2.19 bits per heavy atom. The van der Waals surface area contributed by atoms with Crippen LogP contribution in [-0.2, 0) is 0 Å². The van der Waals surface area contributed by atoms with Gasteiger partial charge in [-0.25, -0.2) is 9.18 Å². The Balaban J connectivity index is 2.72. The first kappa shape index (κ1) is 12.4. The van der Waals surface area contributed by atoms with Crippen molar-refractivity contribution in [3.05, 3.63) is 29.6 Å². The van der Waals surface area contributed by atoms with Crippen LogP contribution in [0, 0.1) is 5.82 Å². The lowest BCUT2D eigenvalue weighted by Gasteiger charge is -2.11. The Labute approximate surface area is 91.2 Å². The van der Waals surface area contributed by atoms with Gasteiger partial charge in [-0.3, -0.25) is 0 Å². The van der Waals surface area contributed by atoms with Gasteiger partial charge in [-0.15, -0.1) is 0 Å². The van der Waals surface area contributed by atoms with Crippen LogP contribution in [-0.4, -0.2) is 40.5 Å². The molecule has 0 heterocycles. The van der Waals surface area contributed by atoms with Crippen LogP contribution in [0.25, 0.3) is 0 Å². The van der Waals surface area contributed by atoms with Crippen molar-refractivity contribution in [2.45, 2.75) is 6.10 Å². The molecular formula is C10H12FNO4. The molecule has 0 fully saturated rings. The largest absolute Gasteiger partial charge is 0.478 e. The van der Waals surface area contributed by atoms with Crippen LogP contribution in [0.2, 0.25) is 0 Å². The second kappa shape index (κ2) is 5.43. The molecule has 0 spiro atoms. The van der Waals surface area contributed by atoms with Crippen LogP contribution in [0.4, 0.5) is 10.1 Å². The number of hydrogen-bond donors (Lipinski definition) is 4. The van der Waals surface area contributed by atoms with E-state index in [1.807, 2.05) is 0 Å². The van der Waals surface area contributed by atoms with Crippen molar-refractivity contribution in [2.24, 2.45) is 0 Å². The summed E-state index contributed by atoms with van der Waals surface area (Å²) in [5.41, 5.74) is -0.0664. The third-order valence-corrected chi connectivity index (χ3v) is 1.95. The third-order valence-electron chi connectivity index (χ3n) is 1.95. The highest BCUT2D eigenvalue weighted by atomic mass is 19.1. The molecule has 0 aliphatic heterocycles. The van der Waals surface area contributed by atoms with Gasteiger partial charge in [0.25, 0.3) is 0 Å². The highest BCUT2D eigenvalue weighted by Crippen LogP contribution is 2.15. The molecule has 0 radical (unpaired) electrons. The molecule has 16 heavy (non-hydrogen) atoms. The maximum Gasteiger partial charge on any atom is 0.335 e. The van der Waals surface area contributed by atoms with Crippen molar-refractivity contribution >= 4 is 11.7 Å². The molecular weight excluding hydrogens is 217 g/mol. The van der Waals surface area contributed by atoms with Crippen LogP contribution in [0.5, 0.6) is 0 Å². The van der Waals surface area contributed by atoms with Gasteiger partial charge in [0.05, 0.1) is 24.0 Å². The van der Waals surface area contributed by atoms with E-state index in [1.165, 1.54) is 12.1 Å². The molecule has 0 bridgehead atoms. The van der Waals surface area contributed by atoms with E-state index in [-0.39, 0.29) is 17.8 Å². The predicted octanol–water partition coefficient (Wildman–Crippen LogP) is 0.289. The van der Waals surface area contributed by atoms with Crippen molar-refractivity contribution < 1.29 is 24.5 Å². The molecule has 0 aliphatic rings. The summed E-state index contributed by atoms with van der Waals surface area (Å²) in [6.07, 6.45) is -0.987. The standard InChI is InChI=1S/C10H12FNO4/c11-8-3-6(10(15)16)1-2-9(8)12-4-7(14)5-13/h1-3,7,12-14H,4-5H2,(H,15,16). The highest BCUT2D eigenvalue weighted by molar-refractivity contribution is 5.88. The normalized spacial score (nSPS) is 12.2. The third kappa shape index (κ3) is 3.18. The number of aliphatic hydroxyl groups excluding tert-OH is 2. The van der Waals surface area contributed by atoms with Gasteiger partial charge in [0.1, 0.15) is 5.82 Å². The Bertz CT molecular complexity index is 383. The molecule has 4 N–H and O–H groups in total. The molecule has 1 aromatic rings. The van der Waals surface area contributed by atoms with Crippen LogP contribution in [0.3, 0.4) is 0 Å². The van der Waals surface area contributed by atoms with Gasteiger partial charge in [0, 0.05) is 6.54 Å². The van der Waals surface area contributed by atoms with Gasteiger partial charge in [-0.1, -0.05) is 0 Å². The Morgan fingerprint density at radius 3 is 2.69 bits per heavy atom. The van der Waals surface area contributed by atoms with Gasteiger partial charge in [-0.2, -0.15) is 0 Å². The van der Waals surface area contributed by atoms with E-state index in [0.717, 1.165) is 6.07 Å². The van der Waals surface area contributed by atoms with Gasteiger partial charge in [0.15, 0.2) is 0 Å². The summed E-state index contributed by atoms with van der Waals surface area (Å²) < 4.78 is 13.3. The van der Waals surface area contributed by atoms with E-state index in [2.05, 4.69) is 5.32 Å². The van der Waals surface area contributed by atoms with E-state index in [4.69, 9.17) is 15.3 Å². The molecule has 0 amide bonds. The molecule has 6 heteroatoms. The molecule has 1 rings (SSSR count). The fraction of sp³-hybridized carbons (Fsp3) is 0.300. The smallest absolute Gasteiger partial charge is 0.335 e. The zero-order valence-corrected chi connectivity index (χ0v) is 8.35. The number of carboxylic acid groups (broad SMARTS) is 1. The number of anilines is 1. The first-order valence-corrected chi connectivity index (χ1v) is 4.60. The van der Waals surface area contributed by atoms with Gasteiger partial charge in [0.2, 0.25) is 0 Å². The van der Waals surface area contributed by atoms with E-state index >= 15 is 0 Å². The Hall–Kier alpha value is -1.66. The number of rotatable bonds is 5. The highest BCUT2D eigenvalue weighted by Gasteiger charge is 2.09. The molecule has 1 aromatic carbocycles. The summed E-state index contributed by atoms with van der Waals surface area (Å²) in [4.78, 5) is 10.5. The van der Waals surface area contributed by atoms with E-state index < -0.39 is 24.5 Å². The minimum Gasteiger partial charge on any atom is -0.478 e. The number of hydrogen-bond acceptors (Lipinski definition) is 4. The molecule has 1 unspecified atom stereocenters. The molecule has 0 saturated heterocycles. The minimum absolute atomic E-state index is 0.0140. The lowest BCUT2D eigenvalue weighted by Crippen LogP contribution is -2.23. The van der Waals surface area contributed by atoms with Crippen LogP contribution in [0.15, 0.2) is 18.2 Å². The molecule has 0 aliphatic carbocycles. The molecule has 88 valence electrons. The minimum atomic E-state index is -1.21. The fourth-order valence-corrected chi connectivity index (χ4v) is 1.08. The van der Waals surface area contributed by atoms with Gasteiger partial charge in [-0.05, 0) is 18.2 Å². The van der Waals surface area contributed by atoms with Gasteiger partial charge < -0.3 is 20.6 Å². The molecule has 1 atom stereocenters. The van der Waals surface area contributed by atoms with Crippen molar-refractivity contribution in [3.8, 4) is 0 Å². The average Bonchev–Trinajstić information content (AvgIpc) is 2.26. The average molecular weight is 229 g/mol. The summed E-state index contributed by atoms with van der Waals surface area (Å²) in [7, 11) is 0. The monoisotopic (exact) mass is 229 g/mol. The maximum absolute atomic E-state index is 13.3. The maximum atomic E-state index is 13.3. The number of carboxylic acids is 1. The van der Waals surface area contributed by atoms with Crippen molar-refractivity contribution in [3.63, 3.8) is 0 Å². The lowest BCUT2D eigenvalue weighted by molar-refractivity contribution is 0.0696. The number of halogens is 1. The number of aliphatic hydroxyl groups is 2. The van der Waals surface area contributed by atoms with E-state index in [9.17, 15) is 9.18 Å². The number of nitrogens with one attached hydrogen (secondary N) is 1. The molecule has 5 nitrogen and oxygen atoms in total. The zero-order valence-electron chi connectivity index (χ0n) is 8.35. The Morgan fingerprint density at radius 1 is 1.50 bits per heavy atom. The Kier molecular flexibility index (Phi) is 4.21. The summed E-state index contributed by atoms with van der Waals surface area (Å²) in [6, 6.07) is 3.40.